The number of nitrogen functional groups attached to an aromatic ring is 1. The van der Waals surface area contributed by atoms with E-state index in [9.17, 15) is 0 Å². The van der Waals surface area contributed by atoms with E-state index in [1.807, 2.05) is 0 Å². The summed E-state index contributed by atoms with van der Waals surface area (Å²) in [6.45, 7) is 0. The molecule has 0 radical (unpaired) electrons. The summed E-state index contributed by atoms with van der Waals surface area (Å²) >= 11 is 0. The van der Waals surface area contributed by atoms with Crippen molar-refractivity contribution in [2.24, 2.45) is 22.5 Å². The van der Waals surface area contributed by atoms with Crippen molar-refractivity contribution in [3.63, 3.8) is 0 Å². The van der Waals surface area contributed by atoms with Gasteiger partial charge in [-0.3, -0.25) is 0 Å². The zero-order chi connectivity index (χ0) is 9.68. The first kappa shape index (κ1) is 9.23. The second-order valence-corrected chi connectivity index (χ2v) is 2.20. The van der Waals surface area contributed by atoms with Crippen molar-refractivity contribution < 1.29 is 0 Å². The van der Waals surface area contributed by atoms with Crippen LogP contribution >= 0.6 is 0 Å². The SMILES string of the molecule is NN/N=C(\N)c1ccc(NN)nc1. The average molecular weight is 181 g/mol. The largest absolute Gasteiger partial charge is 0.382 e. The summed E-state index contributed by atoms with van der Waals surface area (Å²) in [6.07, 6.45) is 1.53. The van der Waals surface area contributed by atoms with E-state index in [2.05, 4.69) is 21.0 Å². The molecular weight excluding hydrogens is 170 g/mol. The first-order chi connectivity index (χ1) is 6.27. The average Bonchev–Trinajstić information content (AvgIpc) is 2.18. The van der Waals surface area contributed by atoms with Crippen LogP contribution in [0.3, 0.4) is 0 Å². The number of aromatic nitrogens is 1. The van der Waals surface area contributed by atoms with Gasteiger partial charge in [0.25, 0.3) is 0 Å². The molecule has 0 saturated heterocycles. The van der Waals surface area contributed by atoms with Crippen LogP contribution in [0.5, 0.6) is 0 Å². The van der Waals surface area contributed by atoms with Crippen LogP contribution in [0.1, 0.15) is 5.56 Å². The predicted octanol–water partition coefficient (Wildman–Crippen LogP) is -1.55. The molecule has 7 nitrogen and oxygen atoms in total. The first-order valence-corrected chi connectivity index (χ1v) is 3.49. The van der Waals surface area contributed by atoms with Crippen molar-refractivity contribution >= 4 is 11.7 Å². The van der Waals surface area contributed by atoms with E-state index in [0.717, 1.165) is 0 Å². The number of pyridine rings is 1. The fourth-order valence-corrected chi connectivity index (χ4v) is 0.765. The van der Waals surface area contributed by atoms with Crippen molar-refractivity contribution in [1.82, 2.24) is 10.5 Å². The molecule has 0 fully saturated rings. The maximum Gasteiger partial charge on any atom is 0.153 e. The normalized spacial score (nSPS) is 11.1. The molecule has 0 aromatic carbocycles. The summed E-state index contributed by atoms with van der Waals surface area (Å²) in [5, 5.41) is 3.58. The van der Waals surface area contributed by atoms with Crippen LogP contribution in [0.4, 0.5) is 5.82 Å². The summed E-state index contributed by atoms with van der Waals surface area (Å²) in [4.78, 5) is 3.93. The van der Waals surface area contributed by atoms with Crippen LogP contribution in [0.15, 0.2) is 23.4 Å². The number of nitrogens with two attached hydrogens (primary N) is 3. The van der Waals surface area contributed by atoms with Gasteiger partial charge in [-0.2, -0.15) is 0 Å². The van der Waals surface area contributed by atoms with Gasteiger partial charge in [0.05, 0.1) is 0 Å². The molecule has 0 saturated carbocycles. The van der Waals surface area contributed by atoms with E-state index in [1.54, 1.807) is 12.1 Å². The Balaban J connectivity index is 2.85. The van der Waals surface area contributed by atoms with E-state index in [0.29, 0.717) is 11.4 Å². The number of rotatable bonds is 3. The van der Waals surface area contributed by atoms with Crippen LogP contribution in [0.2, 0.25) is 0 Å². The summed E-state index contributed by atoms with van der Waals surface area (Å²) in [5.74, 6) is 10.9. The lowest BCUT2D eigenvalue weighted by Crippen LogP contribution is -2.23. The molecule has 0 unspecified atom stereocenters. The van der Waals surface area contributed by atoms with Gasteiger partial charge in [0, 0.05) is 11.8 Å². The van der Waals surface area contributed by atoms with Gasteiger partial charge in [0.1, 0.15) is 5.82 Å². The Bertz CT molecular complexity index is 290. The van der Waals surface area contributed by atoms with Crippen LogP contribution in [-0.2, 0) is 0 Å². The number of hydrogen-bond acceptors (Lipinski definition) is 6. The molecule has 0 amide bonds. The minimum atomic E-state index is 0.263. The van der Waals surface area contributed by atoms with Gasteiger partial charge in [-0.15, -0.1) is 5.10 Å². The molecule has 0 bridgehead atoms. The Morgan fingerprint density at radius 1 is 1.38 bits per heavy atom. The Morgan fingerprint density at radius 3 is 2.62 bits per heavy atom. The van der Waals surface area contributed by atoms with Gasteiger partial charge < -0.3 is 11.2 Å². The molecule has 0 aliphatic heterocycles. The highest BCUT2D eigenvalue weighted by atomic mass is 15.5. The van der Waals surface area contributed by atoms with Gasteiger partial charge in [0.15, 0.2) is 5.84 Å². The standard InChI is InChI=1S/C6H11N7/c7-6(12-13-9)4-1-2-5(11-8)10-3-4/h1-3,13H,8-9H2,(H2,7,12)(H,10,11). The molecule has 1 aromatic rings. The van der Waals surface area contributed by atoms with Gasteiger partial charge >= 0.3 is 0 Å². The van der Waals surface area contributed by atoms with E-state index in [1.165, 1.54) is 6.20 Å². The number of hydrogen-bond donors (Lipinski definition) is 5. The lowest BCUT2D eigenvalue weighted by molar-refractivity contribution is 0.803. The highest BCUT2D eigenvalue weighted by Gasteiger charge is 1.98. The van der Waals surface area contributed by atoms with Gasteiger partial charge in [0.2, 0.25) is 0 Å². The monoisotopic (exact) mass is 181 g/mol. The van der Waals surface area contributed by atoms with Crippen molar-refractivity contribution in [3.8, 4) is 0 Å². The third-order valence-corrected chi connectivity index (χ3v) is 1.39. The van der Waals surface area contributed by atoms with Crippen LogP contribution < -0.4 is 28.4 Å². The molecule has 7 heteroatoms. The predicted molar refractivity (Wildman–Crippen MR) is 50.1 cm³/mol. The number of hydrazone groups is 1. The van der Waals surface area contributed by atoms with Gasteiger partial charge in [-0.1, -0.05) is 0 Å². The Labute approximate surface area is 74.9 Å². The lowest BCUT2D eigenvalue weighted by Gasteiger charge is -2.01. The van der Waals surface area contributed by atoms with Gasteiger partial charge in [-0.05, 0) is 12.1 Å². The van der Waals surface area contributed by atoms with E-state index in [4.69, 9.17) is 17.4 Å². The molecule has 0 spiro atoms. The molecule has 13 heavy (non-hydrogen) atoms. The Hall–Kier alpha value is -1.86. The highest BCUT2D eigenvalue weighted by molar-refractivity contribution is 5.97. The zero-order valence-corrected chi connectivity index (χ0v) is 6.86. The number of amidine groups is 1. The molecule has 8 N–H and O–H groups in total. The van der Waals surface area contributed by atoms with Gasteiger partial charge in [-0.25, -0.2) is 22.2 Å². The van der Waals surface area contributed by atoms with Crippen LogP contribution in [0, 0.1) is 0 Å². The molecule has 0 aliphatic rings. The molecule has 0 aliphatic carbocycles. The van der Waals surface area contributed by atoms with E-state index in [-0.39, 0.29) is 5.84 Å². The van der Waals surface area contributed by atoms with Crippen molar-refractivity contribution in [2.75, 3.05) is 5.43 Å². The minimum Gasteiger partial charge on any atom is -0.382 e. The second-order valence-electron chi connectivity index (χ2n) is 2.20. The third-order valence-electron chi connectivity index (χ3n) is 1.39. The van der Waals surface area contributed by atoms with Crippen LogP contribution in [0.25, 0.3) is 0 Å². The summed E-state index contributed by atoms with van der Waals surface area (Å²) < 4.78 is 0. The third kappa shape index (κ3) is 2.29. The molecule has 70 valence electrons. The Morgan fingerprint density at radius 2 is 2.15 bits per heavy atom. The zero-order valence-electron chi connectivity index (χ0n) is 6.86. The Kier molecular flexibility index (Phi) is 3.01. The molecule has 1 rings (SSSR count). The maximum absolute atomic E-state index is 5.51. The van der Waals surface area contributed by atoms with Crippen molar-refractivity contribution in [3.05, 3.63) is 23.9 Å². The summed E-state index contributed by atoms with van der Waals surface area (Å²) in [7, 11) is 0. The van der Waals surface area contributed by atoms with Crippen LogP contribution in [-0.4, -0.2) is 10.8 Å². The second kappa shape index (κ2) is 4.24. The molecular formula is C6H11N7. The highest BCUT2D eigenvalue weighted by Crippen LogP contribution is 2.02. The molecule has 1 heterocycles. The fraction of sp³-hybridized carbons (Fsp3) is 0. The van der Waals surface area contributed by atoms with E-state index >= 15 is 0 Å². The molecule has 0 atom stereocenters. The van der Waals surface area contributed by atoms with Crippen molar-refractivity contribution in [1.29, 1.82) is 0 Å². The van der Waals surface area contributed by atoms with Crippen molar-refractivity contribution in [2.45, 2.75) is 0 Å². The smallest absolute Gasteiger partial charge is 0.153 e. The lowest BCUT2D eigenvalue weighted by atomic mass is 10.2. The first-order valence-electron chi connectivity index (χ1n) is 3.49. The quantitative estimate of drug-likeness (QED) is 0.166. The summed E-state index contributed by atoms with van der Waals surface area (Å²) in [6, 6.07) is 3.40. The fourth-order valence-electron chi connectivity index (χ4n) is 0.765. The number of nitrogens with zero attached hydrogens (tertiary/aromatic N) is 2. The number of hydrazine groups is 2. The topological polar surface area (TPSA) is 127 Å². The summed E-state index contributed by atoms with van der Waals surface area (Å²) in [5.41, 5.74) is 10.7. The minimum absolute atomic E-state index is 0.263. The maximum atomic E-state index is 5.51. The molecule has 1 aromatic heterocycles. The number of anilines is 1. The van der Waals surface area contributed by atoms with E-state index < -0.39 is 0 Å². The number of nitrogens with one attached hydrogen (secondary N) is 2.